The van der Waals surface area contributed by atoms with Crippen LogP contribution in [0.2, 0.25) is 5.02 Å². The van der Waals surface area contributed by atoms with E-state index in [0.717, 1.165) is 11.1 Å². The molecule has 0 bridgehead atoms. The van der Waals surface area contributed by atoms with Crippen molar-refractivity contribution in [3.05, 3.63) is 83.0 Å². The maximum Gasteiger partial charge on any atom is 0.181 e. The standard InChI is InChI=1S/C27H23ClFN3O4/c1-32-15-18(14-30-32)19-6-4-16(13-26(19)36-3)23(33)9-10-24(34)22-8-11-25(35-2)27(31-22)17-5-7-21(29)20(28)12-17/h4-8,11-15H,9-10H2,1-3H3. The van der Waals surface area contributed by atoms with Crippen LogP contribution in [0.4, 0.5) is 4.39 Å². The van der Waals surface area contributed by atoms with Gasteiger partial charge in [-0.2, -0.15) is 5.10 Å². The predicted octanol–water partition coefficient (Wildman–Crippen LogP) is 5.80. The van der Waals surface area contributed by atoms with Gasteiger partial charge in [-0.25, -0.2) is 9.37 Å². The van der Waals surface area contributed by atoms with Crippen LogP contribution in [0, 0.1) is 5.82 Å². The minimum Gasteiger partial charge on any atom is -0.496 e. The van der Waals surface area contributed by atoms with E-state index >= 15 is 0 Å². The fourth-order valence-corrected chi connectivity index (χ4v) is 3.96. The first-order valence-electron chi connectivity index (χ1n) is 11.0. The van der Waals surface area contributed by atoms with E-state index in [1.54, 1.807) is 35.1 Å². The molecule has 0 saturated carbocycles. The van der Waals surface area contributed by atoms with Gasteiger partial charge in [-0.05, 0) is 42.5 Å². The molecule has 0 radical (unpaired) electrons. The molecule has 2 heterocycles. The molecule has 0 aliphatic heterocycles. The van der Waals surface area contributed by atoms with Gasteiger partial charge < -0.3 is 9.47 Å². The van der Waals surface area contributed by atoms with Crippen molar-refractivity contribution in [3.63, 3.8) is 0 Å². The topological polar surface area (TPSA) is 83.3 Å². The van der Waals surface area contributed by atoms with E-state index in [-0.39, 0.29) is 35.1 Å². The number of carbonyl (C=O) groups excluding carboxylic acids is 2. The molecule has 184 valence electrons. The zero-order chi connectivity index (χ0) is 25.8. The number of hydrogen-bond acceptors (Lipinski definition) is 6. The molecule has 0 fully saturated rings. The molecule has 2 aromatic carbocycles. The number of pyridine rings is 1. The van der Waals surface area contributed by atoms with Gasteiger partial charge in [-0.3, -0.25) is 14.3 Å². The quantitative estimate of drug-likeness (QED) is 0.266. The summed E-state index contributed by atoms with van der Waals surface area (Å²) in [6.07, 6.45) is 3.54. The van der Waals surface area contributed by atoms with E-state index in [0.29, 0.717) is 28.3 Å². The number of rotatable bonds is 9. The molecule has 4 aromatic rings. The first-order chi connectivity index (χ1) is 17.3. The molecule has 4 rings (SSSR count). The van der Waals surface area contributed by atoms with Crippen LogP contribution < -0.4 is 9.47 Å². The van der Waals surface area contributed by atoms with Gasteiger partial charge in [-0.1, -0.05) is 17.7 Å². The molecule has 0 saturated heterocycles. The lowest BCUT2D eigenvalue weighted by atomic mass is 10.00. The summed E-state index contributed by atoms with van der Waals surface area (Å²) in [7, 11) is 4.83. The number of halogens is 2. The molecular weight excluding hydrogens is 485 g/mol. The molecule has 0 aliphatic rings. The molecule has 36 heavy (non-hydrogen) atoms. The van der Waals surface area contributed by atoms with Gasteiger partial charge in [-0.15, -0.1) is 0 Å². The normalized spacial score (nSPS) is 10.8. The third-order valence-electron chi connectivity index (χ3n) is 5.68. The summed E-state index contributed by atoms with van der Waals surface area (Å²) in [6, 6.07) is 12.5. The van der Waals surface area contributed by atoms with Crippen molar-refractivity contribution in [2.75, 3.05) is 14.2 Å². The number of nitrogens with zero attached hydrogens (tertiary/aromatic N) is 3. The van der Waals surface area contributed by atoms with Crippen molar-refractivity contribution >= 4 is 23.2 Å². The second-order valence-electron chi connectivity index (χ2n) is 8.04. The van der Waals surface area contributed by atoms with Crippen LogP contribution in [0.25, 0.3) is 22.4 Å². The van der Waals surface area contributed by atoms with E-state index in [2.05, 4.69) is 10.1 Å². The highest BCUT2D eigenvalue weighted by molar-refractivity contribution is 6.31. The number of aromatic nitrogens is 3. The van der Waals surface area contributed by atoms with Crippen LogP contribution in [0.5, 0.6) is 11.5 Å². The number of aryl methyl sites for hydroxylation is 1. The number of methoxy groups -OCH3 is 2. The zero-order valence-corrected chi connectivity index (χ0v) is 20.7. The lowest BCUT2D eigenvalue weighted by Gasteiger charge is -2.11. The van der Waals surface area contributed by atoms with Crippen LogP contribution in [0.1, 0.15) is 33.7 Å². The van der Waals surface area contributed by atoms with Crippen molar-refractivity contribution in [2.24, 2.45) is 7.05 Å². The molecule has 7 nitrogen and oxygen atoms in total. The van der Waals surface area contributed by atoms with Gasteiger partial charge in [0.15, 0.2) is 11.6 Å². The first kappa shape index (κ1) is 25.1. The monoisotopic (exact) mass is 507 g/mol. The fraction of sp³-hybridized carbons (Fsp3) is 0.185. The van der Waals surface area contributed by atoms with Crippen molar-refractivity contribution < 1.29 is 23.5 Å². The lowest BCUT2D eigenvalue weighted by Crippen LogP contribution is -2.08. The Kier molecular flexibility index (Phi) is 7.45. The highest BCUT2D eigenvalue weighted by Gasteiger charge is 2.18. The average Bonchev–Trinajstić information content (AvgIpc) is 3.33. The second-order valence-corrected chi connectivity index (χ2v) is 8.45. The number of Topliss-reactive ketones (excluding diaryl/α,β-unsaturated/α-hetero) is 2. The van der Waals surface area contributed by atoms with Gasteiger partial charge in [0.2, 0.25) is 0 Å². The summed E-state index contributed by atoms with van der Waals surface area (Å²) in [5.74, 6) is -0.112. The minimum absolute atomic E-state index is 0.000351. The Labute approximate surface area is 212 Å². The Morgan fingerprint density at radius 2 is 1.69 bits per heavy atom. The highest BCUT2D eigenvalue weighted by atomic mass is 35.5. The Morgan fingerprint density at radius 1 is 0.944 bits per heavy atom. The van der Waals surface area contributed by atoms with Gasteiger partial charge in [0.1, 0.15) is 28.7 Å². The SMILES string of the molecule is COc1cc(C(=O)CCC(=O)c2ccc(OC)c(-c3ccc(F)c(Cl)c3)n2)ccc1-c1cnn(C)c1. The van der Waals surface area contributed by atoms with Crippen LogP contribution in [0.15, 0.2) is 60.9 Å². The molecule has 0 N–H and O–H groups in total. The molecule has 0 spiro atoms. The van der Waals surface area contributed by atoms with Crippen LogP contribution in [0.3, 0.4) is 0 Å². The Morgan fingerprint density at radius 3 is 2.36 bits per heavy atom. The van der Waals surface area contributed by atoms with E-state index in [9.17, 15) is 14.0 Å². The van der Waals surface area contributed by atoms with Gasteiger partial charge in [0, 0.05) is 48.3 Å². The van der Waals surface area contributed by atoms with Crippen molar-refractivity contribution in [1.29, 1.82) is 0 Å². The molecule has 0 amide bonds. The van der Waals surface area contributed by atoms with Crippen LogP contribution in [-0.4, -0.2) is 40.6 Å². The van der Waals surface area contributed by atoms with E-state index in [1.807, 2.05) is 13.2 Å². The average molecular weight is 508 g/mol. The number of ketones is 2. The summed E-state index contributed by atoms with van der Waals surface area (Å²) >= 11 is 5.91. The maximum atomic E-state index is 13.6. The number of hydrogen-bond donors (Lipinski definition) is 0. The molecule has 2 aromatic heterocycles. The lowest BCUT2D eigenvalue weighted by molar-refractivity contribution is 0.0915. The molecular formula is C27H23ClFN3O4. The first-order valence-corrected chi connectivity index (χ1v) is 11.4. The Hall–Kier alpha value is -4.04. The second kappa shape index (κ2) is 10.7. The van der Waals surface area contributed by atoms with Gasteiger partial charge >= 0.3 is 0 Å². The minimum atomic E-state index is -0.560. The molecule has 0 atom stereocenters. The van der Waals surface area contributed by atoms with E-state index in [1.165, 1.54) is 38.5 Å². The zero-order valence-electron chi connectivity index (χ0n) is 19.9. The van der Waals surface area contributed by atoms with Crippen LogP contribution >= 0.6 is 11.6 Å². The summed E-state index contributed by atoms with van der Waals surface area (Å²) in [6.45, 7) is 0. The Bertz CT molecular complexity index is 1450. The summed E-state index contributed by atoms with van der Waals surface area (Å²) in [5, 5.41) is 4.10. The Balaban J connectivity index is 1.50. The third kappa shape index (κ3) is 5.28. The van der Waals surface area contributed by atoms with Gasteiger partial charge in [0.05, 0.1) is 25.4 Å². The number of ether oxygens (including phenoxy) is 2. The van der Waals surface area contributed by atoms with Crippen LogP contribution in [-0.2, 0) is 7.05 Å². The van der Waals surface area contributed by atoms with Crippen molar-refractivity contribution in [1.82, 2.24) is 14.8 Å². The maximum absolute atomic E-state index is 13.6. The highest BCUT2D eigenvalue weighted by Crippen LogP contribution is 2.32. The largest absolute Gasteiger partial charge is 0.496 e. The summed E-state index contributed by atoms with van der Waals surface area (Å²) in [5.41, 5.74) is 3.15. The van der Waals surface area contributed by atoms with Crippen molar-refractivity contribution in [3.8, 4) is 33.9 Å². The molecule has 0 aliphatic carbocycles. The third-order valence-corrected chi connectivity index (χ3v) is 5.97. The molecule has 9 heteroatoms. The molecule has 0 unspecified atom stereocenters. The summed E-state index contributed by atoms with van der Waals surface area (Å²) < 4.78 is 26.1. The number of carbonyl (C=O) groups is 2. The predicted molar refractivity (Wildman–Crippen MR) is 134 cm³/mol. The smallest absolute Gasteiger partial charge is 0.181 e. The number of benzene rings is 2. The van der Waals surface area contributed by atoms with E-state index in [4.69, 9.17) is 21.1 Å². The summed E-state index contributed by atoms with van der Waals surface area (Å²) in [4.78, 5) is 30.1. The van der Waals surface area contributed by atoms with E-state index < -0.39 is 5.82 Å². The van der Waals surface area contributed by atoms with Gasteiger partial charge in [0.25, 0.3) is 0 Å². The fourth-order valence-electron chi connectivity index (χ4n) is 3.78. The van der Waals surface area contributed by atoms with Crippen molar-refractivity contribution in [2.45, 2.75) is 12.8 Å².